The molecule has 0 unspecified atom stereocenters. The van der Waals surface area contributed by atoms with Crippen molar-refractivity contribution < 1.29 is 37.0 Å². The number of sulfone groups is 1. The van der Waals surface area contributed by atoms with Gasteiger partial charge in [-0.05, 0) is 39.0 Å². The van der Waals surface area contributed by atoms with Gasteiger partial charge in [0.05, 0.1) is 36.6 Å². The molecule has 1 aliphatic rings. The summed E-state index contributed by atoms with van der Waals surface area (Å²) in [5.41, 5.74) is 0.0157. The third kappa shape index (κ3) is 7.37. The zero-order valence-corrected chi connectivity index (χ0v) is 21.0. The molecule has 0 atom stereocenters. The van der Waals surface area contributed by atoms with Gasteiger partial charge in [0.2, 0.25) is 0 Å². The van der Waals surface area contributed by atoms with E-state index >= 15 is 0 Å². The molecule has 1 amide bonds. The van der Waals surface area contributed by atoms with Gasteiger partial charge in [-0.1, -0.05) is 0 Å². The fourth-order valence-electron chi connectivity index (χ4n) is 3.16. The van der Waals surface area contributed by atoms with Crippen LogP contribution in [0, 0.1) is 0 Å². The minimum Gasteiger partial charge on any atom is -0.466 e. The molecular formula is C22H31N3O8S. The average Bonchev–Trinajstić information content (AvgIpc) is 2.76. The van der Waals surface area contributed by atoms with Crippen molar-refractivity contribution in [2.75, 3.05) is 56.9 Å². The lowest BCUT2D eigenvalue weighted by Crippen LogP contribution is -2.50. The third-order valence-corrected chi connectivity index (χ3v) is 5.92. The van der Waals surface area contributed by atoms with Crippen molar-refractivity contribution in [1.29, 1.82) is 0 Å². The summed E-state index contributed by atoms with van der Waals surface area (Å²) in [6.45, 7) is 7.00. The lowest BCUT2D eigenvalue weighted by Gasteiger charge is -2.37. The normalized spacial score (nSPS) is 14.9. The predicted molar refractivity (Wildman–Crippen MR) is 125 cm³/mol. The van der Waals surface area contributed by atoms with Crippen LogP contribution in [0.3, 0.4) is 0 Å². The second-order valence-electron chi connectivity index (χ2n) is 8.60. The molecule has 1 aliphatic heterocycles. The molecule has 0 bridgehead atoms. The fourth-order valence-corrected chi connectivity index (χ4v) is 3.80. The van der Waals surface area contributed by atoms with Crippen LogP contribution in [-0.2, 0) is 33.6 Å². The van der Waals surface area contributed by atoms with Crippen LogP contribution < -0.4 is 10.2 Å². The Bertz CT molecular complexity index is 1070. The van der Waals surface area contributed by atoms with Gasteiger partial charge in [0.15, 0.2) is 9.84 Å². The van der Waals surface area contributed by atoms with Gasteiger partial charge in [0, 0.05) is 32.4 Å². The Labute approximate surface area is 199 Å². The van der Waals surface area contributed by atoms with Crippen molar-refractivity contribution in [3.8, 4) is 0 Å². The Morgan fingerprint density at radius 2 is 1.65 bits per heavy atom. The maximum absolute atomic E-state index is 12.4. The SMILES string of the molecule is COC(=O)/C=C(/Nc1cc(S(C)(=O)=O)ccc1N1CCN(C(=O)OC(C)(C)C)CC1)C(=O)OC. The Morgan fingerprint density at radius 1 is 1.03 bits per heavy atom. The molecule has 11 nitrogen and oxygen atoms in total. The zero-order valence-electron chi connectivity index (χ0n) is 20.2. The highest BCUT2D eigenvalue weighted by Gasteiger charge is 2.27. The molecule has 12 heteroatoms. The van der Waals surface area contributed by atoms with E-state index < -0.39 is 33.5 Å². The second kappa shape index (κ2) is 10.8. The summed E-state index contributed by atoms with van der Waals surface area (Å²) in [7, 11) is -1.24. The fraction of sp³-hybridized carbons (Fsp3) is 0.500. The van der Waals surface area contributed by atoms with Crippen molar-refractivity contribution in [3.05, 3.63) is 30.0 Å². The molecule has 0 aromatic heterocycles. The Morgan fingerprint density at radius 3 is 2.15 bits per heavy atom. The highest BCUT2D eigenvalue weighted by atomic mass is 32.2. The minimum absolute atomic E-state index is 0.0217. The van der Waals surface area contributed by atoms with E-state index in [9.17, 15) is 22.8 Å². The first-order valence-electron chi connectivity index (χ1n) is 10.5. The Balaban J connectivity index is 2.36. The summed E-state index contributed by atoms with van der Waals surface area (Å²) in [6.07, 6.45) is 1.58. The predicted octanol–water partition coefficient (Wildman–Crippen LogP) is 1.79. The van der Waals surface area contributed by atoms with Gasteiger partial charge in [0.1, 0.15) is 11.3 Å². The van der Waals surface area contributed by atoms with Crippen LogP contribution in [0.25, 0.3) is 0 Å². The highest BCUT2D eigenvalue weighted by Crippen LogP contribution is 2.31. The molecule has 0 aliphatic carbocycles. The van der Waals surface area contributed by atoms with Crippen LogP contribution in [-0.4, -0.2) is 83.6 Å². The number of nitrogens with zero attached hydrogens (tertiary/aromatic N) is 2. The van der Waals surface area contributed by atoms with Gasteiger partial charge in [0.25, 0.3) is 0 Å². The number of benzene rings is 1. The summed E-state index contributed by atoms with van der Waals surface area (Å²) in [6, 6.07) is 4.44. The van der Waals surface area contributed by atoms with Crippen LogP contribution in [0.5, 0.6) is 0 Å². The number of anilines is 2. The maximum atomic E-state index is 12.4. The van der Waals surface area contributed by atoms with E-state index in [1.807, 2.05) is 4.90 Å². The van der Waals surface area contributed by atoms with E-state index in [4.69, 9.17) is 9.47 Å². The number of carbonyl (C=O) groups excluding carboxylic acids is 3. The lowest BCUT2D eigenvalue weighted by atomic mass is 10.2. The quantitative estimate of drug-likeness (QED) is 0.352. The van der Waals surface area contributed by atoms with Crippen LogP contribution >= 0.6 is 0 Å². The summed E-state index contributed by atoms with van der Waals surface area (Å²) >= 11 is 0. The number of amides is 1. The van der Waals surface area contributed by atoms with Crippen molar-refractivity contribution in [2.45, 2.75) is 31.3 Å². The summed E-state index contributed by atoms with van der Waals surface area (Å²) in [4.78, 5) is 39.9. The van der Waals surface area contributed by atoms with Gasteiger partial charge < -0.3 is 29.3 Å². The van der Waals surface area contributed by atoms with Gasteiger partial charge >= 0.3 is 18.0 Å². The standard InChI is InChI=1S/C22H31N3O8S/c1-22(2,3)33-21(28)25-11-9-24(10-12-25)18-8-7-15(34(6,29)30)13-16(18)23-17(20(27)32-5)14-19(26)31-4/h7-8,13-14,23H,9-12H2,1-6H3/b17-14+. The molecule has 1 aromatic carbocycles. The molecule has 0 radical (unpaired) electrons. The van der Waals surface area contributed by atoms with Gasteiger partial charge in [-0.25, -0.2) is 22.8 Å². The van der Waals surface area contributed by atoms with E-state index in [-0.39, 0.29) is 16.3 Å². The number of hydrogen-bond donors (Lipinski definition) is 1. The van der Waals surface area contributed by atoms with Crippen molar-refractivity contribution >= 4 is 39.2 Å². The summed E-state index contributed by atoms with van der Waals surface area (Å²) < 4.78 is 39.0. The molecule has 1 aromatic rings. The monoisotopic (exact) mass is 497 g/mol. The van der Waals surface area contributed by atoms with Crippen molar-refractivity contribution in [3.63, 3.8) is 0 Å². The van der Waals surface area contributed by atoms with Crippen molar-refractivity contribution in [1.82, 2.24) is 4.90 Å². The molecule has 1 heterocycles. The van der Waals surface area contributed by atoms with Crippen LogP contribution in [0.1, 0.15) is 20.8 Å². The van der Waals surface area contributed by atoms with E-state index in [1.54, 1.807) is 31.7 Å². The minimum atomic E-state index is -3.55. The van der Waals surface area contributed by atoms with Crippen molar-refractivity contribution in [2.24, 2.45) is 0 Å². The number of nitrogens with one attached hydrogen (secondary N) is 1. The summed E-state index contributed by atoms with van der Waals surface area (Å²) in [5, 5.41) is 2.81. The topological polar surface area (TPSA) is 132 Å². The first-order chi connectivity index (χ1) is 15.7. The number of piperazine rings is 1. The van der Waals surface area contributed by atoms with Crippen LogP contribution in [0.4, 0.5) is 16.2 Å². The molecule has 1 saturated heterocycles. The smallest absolute Gasteiger partial charge is 0.410 e. The third-order valence-electron chi connectivity index (χ3n) is 4.81. The van der Waals surface area contributed by atoms with Gasteiger partial charge in [-0.15, -0.1) is 0 Å². The van der Waals surface area contributed by atoms with E-state index in [0.29, 0.717) is 31.9 Å². The number of carbonyl (C=O) groups is 3. The second-order valence-corrected chi connectivity index (χ2v) is 10.6. The van der Waals surface area contributed by atoms with E-state index in [2.05, 4.69) is 10.1 Å². The zero-order chi connectivity index (χ0) is 25.7. The van der Waals surface area contributed by atoms with E-state index in [1.165, 1.54) is 12.1 Å². The first-order valence-corrected chi connectivity index (χ1v) is 12.4. The van der Waals surface area contributed by atoms with Gasteiger partial charge in [-0.2, -0.15) is 0 Å². The average molecular weight is 498 g/mol. The molecule has 188 valence electrons. The molecular weight excluding hydrogens is 466 g/mol. The molecule has 1 N–H and O–H groups in total. The number of rotatable bonds is 6. The largest absolute Gasteiger partial charge is 0.466 e. The van der Waals surface area contributed by atoms with E-state index in [0.717, 1.165) is 26.6 Å². The number of hydrogen-bond acceptors (Lipinski definition) is 10. The van der Waals surface area contributed by atoms with Crippen LogP contribution in [0.2, 0.25) is 0 Å². The number of esters is 2. The number of methoxy groups -OCH3 is 2. The molecule has 0 spiro atoms. The Kier molecular flexibility index (Phi) is 8.54. The first kappa shape index (κ1) is 27.0. The molecule has 1 fully saturated rings. The molecule has 34 heavy (non-hydrogen) atoms. The molecule has 2 rings (SSSR count). The maximum Gasteiger partial charge on any atom is 0.410 e. The summed E-state index contributed by atoms with van der Waals surface area (Å²) in [5.74, 6) is -1.63. The molecule has 0 saturated carbocycles. The lowest BCUT2D eigenvalue weighted by molar-refractivity contribution is -0.138. The Hall–Kier alpha value is -3.28. The highest BCUT2D eigenvalue weighted by molar-refractivity contribution is 7.90. The van der Waals surface area contributed by atoms with Crippen LogP contribution in [0.15, 0.2) is 34.9 Å². The number of ether oxygens (including phenoxy) is 3. The van der Waals surface area contributed by atoms with Gasteiger partial charge in [-0.3, -0.25) is 0 Å².